The topological polar surface area (TPSA) is 170 Å². The number of halogens is 1. The summed E-state index contributed by atoms with van der Waals surface area (Å²) in [5.41, 5.74) is 2.99. The number of amides is 2. The Morgan fingerprint density at radius 2 is 1.93 bits per heavy atom. The third-order valence-electron chi connectivity index (χ3n) is 7.07. The van der Waals surface area contributed by atoms with Gasteiger partial charge in [-0.05, 0) is 47.5 Å². The van der Waals surface area contributed by atoms with Crippen LogP contribution in [-0.2, 0) is 11.3 Å². The van der Waals surface area contributed by atoms with Gasteiger partial charge in [0, 0.05) is 55.8 Å². The lowest BCUT2D eigenvalue weighted by atomic mass is 10.0. The number of nitrogens with zero attached hydrogens (tertiary/aromatic N) is 4. The number of anilines is 3. The first kappa shape index (κ1) is 30.8. The van der Waals surface area contributed by atoms with Crippen molar-refractivity contribution in [3.63, 3.8) is 0 Å². The molecule has 2 aliphatic rings. The molecule has 43 heavy (non-hydrogen) atoms. The van der Waals surface area contributed by atoms with E-state index in [2.05, 4.69) is 20.9 Å². The molecule has 0 saturated carbocycles. The summed E-state index contributed by atoms with van der Waals surface area (Å²) in [4.78, 5) is 56.9. The predicted molar refractivity (Wildman–Crippen MR) is 164 cm³/mol. The smallest absolute Gasteiger partial charge is 0.305 e. The summed E-state index contributed by atoms with van der Waals surface area (Å²) in [5, 5.41) is 30.4. The lowest BCUT2D eigenvalue weighted by Gasteiger charge is -2.27. The third kappa shape index (κ3) is 6.67. The number of nitro groups is 1. The van der Waals surface area contributed by atoms with Crippen LogP contribution in [0.25, 0.3) is 0 Å². The number of nitro benzene ring substituents is 1. The maximum Gasteiger partial charge on any atom is 0.305 e. The van der Waals surface area contributed by atoms with Crippen molar-refractivity contribution in [1.29, 1.82) is 0 Å². The zero-order valence-electron chi connectivity index (χ0n) is 23.4. The molecular weight excluding hydrogens is 578 g/mol. The minimum Gasteiger partial charge on any atom is -0.481 e. The molecule has 1 atom stereocenters. The molecule has 13 nitrogen and oxygen atoms in total. The second-order valence-electron chi connectivity index (χ2n) is 10.1. The van der Waals surface area contributed by atoms with Crippen molar-refractivity contribution in [3.8, 4) is 0 Å². The van der Waals surface area contributed by atoms with Crippen molar-refractivity contribution in [2.75, 3.05) is 42.7 Å². The zero-order chi connectivity index (χ0) is 30.0. The van der Waals surface area contributed by atoms with Crippen molar-refractivity contribution in [1.82, 2.24) is 10.2 Å². The van der Waals surface area contributed by atoms with Gasteiger partial charge in [0.25, 0.3) is 17.5 Å². The summed E-state index contributed by atoms with van der Waals surface area (Å²) >= 11 is 0. The van der Waals surface area contributed by atoms with Crippen LogP contribution in [0.3, 0.4) is 0 Å². The number of rotatable bonds is 9. The lowest BCUT2D eigenvalue weighted by molar-refractivity contribution is -0.384. The number of hydrogen-bond acceptors (Lipinski definition) is 9. The molecule has 0 spiro atoms. The van der Waals surface area contributed by atoms with E-state index in [0.717, 1.165) is 6.54 Å². The van der Waals surface area contributed by atoms with Gasteiger partial charge in [-0.15, -0.1) is 12.4 Å². The van der Waals surface area contributed by atoms with Crippen LogP contribution in [-0.4, -0.2) is 65.9 Å². The Morgan fingerprint density at radius 3 is 2.60 bits per heavy atom. The summed E-state index contributed by atoms with van der Waals surface area (Å²) in [7, 11) is 3.34. The van der Waals surface area contributed by atoms with Crippen LogP contribution in [0.1, 0.15) is 44.3 Å². The molecule has 0 bridgehead atoms. The molecule has 3 aromatic rings. The number of aliphatic imine (C=N–C) groups is 1. The molecule has 0 aromatic heterocycles. The highest BCUT2D eigenvalue weighted by atomic mass is 35.5. The SMILES string of the molecule is CN(C)c1ccc(C(CC(=O)O)N2Cc3ccc(NC(=O)c4cccc(NC5=NCCN5)c4)cc3C2=O)cc1[N+](=O)[O-].Cl. The van der Waals surface area contributed by atoms with Gasteiger partial charge >= 0.3 is 5.97 Å². The van der Waals surface area contributed by atoms with E-state index < -0.39 is 29.3 Å². The van der Waals surface area contributed by atoms with E-state index in [0.29, 0.717) is 51.8 Å². The van der Waals surface area contributed by atoms with E-state index in [1.165, 1.54) is 11.0 Å². The van der Waals surface area contributed by atoms with Gasteiger partial charge in [-0.25, -0.2) is 0 Å². The number of fused-ring (bicyclic) bond motifs is 1. The number of hydrogen-bond donors (Lipinski definition) is 4. The number of aliphatic carboxylic acids is 1. The van der Waals surface area contributed by atoms with E-state index in [4.69, 9.17) is 0 Å². The first-order chi connectivity index (χ1) is 20.1. The zero-order valence-corrected chi connectivity index (χ0v) is 24.2. The van der Waals surface area contributed by atoms with Gasteiger partial charge in [0.05, 0.1) is 23.9 Å². The highest BCUT2D eigenvalue weighted by Gasteiger charge is 2.36. The summed E-state index contributed by atoms with van der Waals surface area (Å²) in [5.74, 6) is -1.32. The van der Waals surface area contributed by atoms with Gasteiger partial charge in [0.15, 0.2) is 5.96 Å². The molecule has 1 unspecified atom stereocenters. The predicted octanol–water partition coefficient (Wildman–Crippen LogP) is 3.88. The molecule has 2 heterocycles. The number of nitrogens with one attached hydrogen (secondary N) is 3. The highest BCUT2D eigenvalue weighted by molar-refractivity contribution is 6.07. The molecular formula is C29H30ClN7O6. The van der Waals surface area contributed by atoms with Gasteiger partial charge in [-0.3, -0.25) is 29.5 Å². The maximum absolute atomic E-state index is 13.6. The first-order valence-electron chi connectivity index (χ1n) is 13.2. The first-order valence-corrected chi connectivity index (χ1v) is 13.2. The Hall–Kier alpha value is -5.17. The van der Waals surface area contributed by atoms with Gasteiger partial charge in [0.2, 0.25) is 0 Å². The van der Waals surface area contributed by atoms with Crippen LogP contribution >= 0.6 is 12.4 Å². The molecule has 5 rings (SSSR count). The fourth-order valence-electron chi connectivity index (χ4n) is 5.06. The maximum atomic E-state index is 13.6. The monoisotopic (exact) mass is 607 g/mol. The van der Waals surface area contributed by atoms with Crippen molar-refractivity contribution in [2.45, 2.75) is 19.0 Å². The van der Waals surface area contributed by atoms with Crippen LogP contribution in [0.2, 0.25) is 0 Å². The van der Waals surface area contributed by atoms with Crippen molar-refractivity contribution >= 4 is 58.9 Å². The molecule has 0 aliphatic carbocycles. The standard InChI is InChI=1S/C29H29N7O6.ClH/c1-34(2)23-9-7-17(13-25(23)36(41)42)24(15-26(37)38)35-16-19-6-8-21(14-22(19)28(35)40)32-27(39)18-4-3-5-20(12-18)33-29-30-10-11-31-29;/h3-9,12-14,24H,10-11,15-16H2,1-2H3,(H,32,39)(H,37,38)(H2,30,31,33);1H. The van der Waals surface area contributed by atoms with Crippen LogP contribution in [0.15, 0.2) is 65.7 Å². The minimum atomic E-state index is -1.15. The number of guanidine groups is 1. The van der Waals surface area contributed by atoms with Crippen molar-refractivity contribution in [3.05, 3.63) is 93.0 Å². The number of carbonyl (C=O) groups is 3. The highest BCUT2D eigenvalue weighted by Crippen LogP contribution is 2.38. The van der Waals surface area contributed by atoms with Gasteiger partial charge in [0.1, 0.15) is 5.69 Å². The Bertz CT molecular complexity index is 1630. The molecule has 0 radical (unpaired) electrons. The number of benzene rings is 3. The number of carboxylic acids is 1. The van der Waals surface area contributed by atoms with Gasteiger partial charge in [-0.1, -0.05) is 18.2 Å². The van der Waals surface area contributed by atoms with Crippen LogP contribution in [0, 0.1) is 10.1 Å². The quantitative estimate of drug-likeness (QED) is 0.208. The molecule has 2 aliphatic heterocycles. The van der Waals surface area contributed by atoms with Gasteiger partial charge in [-0.2, -0.15) is 0 Å². The largest absolute Gasteiger partial charge is 0.481 e. The average Bonchev–Trinajstić information content (AvgIpc) is 3.59. The normalized spacial score (nSPS) is 14.1. The number of carbonyl (C=O) groups excluding carboxylic acids is 2. The lowest BCUT2D eigenvalue weighted by Crippen LogP contribution is -2.31. The number of carboxylic acid groups (broad SMARTS) is 1. The molecule has 3 aromatic carbocycles. The average molecular weight is 608 g/mol. The summed E-state index contributed by atoms with van der Waals surface area (Å²) < 4.78 is 0. The molecule has 0 saturated heterocycles. The Kier molecular flexibility index (Phi) is 9.15. The minimum absolute atomic E-state index is 0. The molecule has 14 heteroatoms. The van der Waals surface area contributed by atoms with Gasteiger partial charge < -0.3 is 30.9 Å². The van der Waals surface area contributed by atoms with Crippen LogP contribution in [0.4, 0.5) is 22.7 Å². The second kappa shape index (κ2) is 12.8. The summed E-state index contributed by atoms with van der Waals surface area (Å²) in [6, 6.07) is 15.4. The van der Waals surface area contributed by atoms with E-state index >= 15 is 0 Å². The Morgan fingerprint density at radius 1 is 1.14 bits per heavy atom. The van der Waals surface area contributed by atoms with Crippen molar-refractivity contribution < 1.29 is 24.4 Å². The summed E-state index contributed by atoms with van der Waals surface area (Å²) in [6.45, 7) is 1.54. The van der Waals surface area contributed by atoms with E-state index in [9.17, 15) is 29.6 Å². The van der Waals surface area contributed by atoms with Crippen LogP contribution in [0.5, 0.6) is 0 Å². The van der Waals surface area contributed by atoms with E-state index in [-0.39, 0.29) is 30.5 Å². The molecule has 4 N–H and O–H groups in total. The summed E-state index contributed by atoms with van der Waals surface area (Å²) in [6.07, 6.45) is -0.436. The molecule has 224 valence electrons. The fraction of sp³-hybridized carbons (Fsp3) is 0.241. The van der Waals surface area contributed by atoms with E-state index in [1.54, 1.807) is 67.5 Å². The Balaban J connectivity index is 0.00000423. The third-order valence-corrected chi connectivity index (χ3v) is 7.07. The molecule has 2 amide bonds. The van der Waals surface area contributed by atoms with Crippen LogP contribution < -0.4 is 20.9 Å². The Labute approximate surface area is 253 Å². The van der Waals surface area contributed by atoms with Crippen molar-refractivity contribution in [2.24, 2.45) is 4.99 Å². The van der Waals surface area contributed by atoms with E-state index in [1.807, 2.05) is 6.07 Å². The molecule has 0 fully saturated rings. The second-order valence-corrected chi connectivity index (χ2v) is 10.1. The fourth-order valence-corrected chi connectivity index (χ4v) is 5.06.